The predicted octanol–water partition coefficient (Wildman–Crippen LogP) is 5.12. The average molecular weight is 371 g/mol. The Labute approximate surface area is 154 Å². The highest BCUT2D eigenvalue weighted by Crippen LogP contribution is 2.29. The van der Waals surface area contributed by atoms with Gasteiger partial charge < -0.3 is 10.2 Å². The number of amides is 1. The van der Waals surface area contributed by atoms with Gasteiger partial charge in [-0.3, -0.25) is 4.79 Å². The molecule has 7 heteroatoms. The highest BCUT2D eigenvalue weighted by atomic mass is 19.4. The van der Waals surface area contributed by atoms with Gasteiger partial charge in [0.1, 0.15) is 5.82 Å². The first kappa shape index (κ1) is 18.4. The molecule has 4 nitrogen and oxygen atoms in total. The molecule has 2 aromatic carbocycles. The van der Waals surface area contributed by atoms with E-state index in [1.165, 1.54) is 0 Å². The maximum Gasteiger partial charge on any atom is 0.416 e. The summed E-state index contributed by atoms with van der Waals surface area (Å²) in [5.74, 6) is -0.217. The first-order valence-corrected chi connectivity index (χ1v) is 8.08. The normalized spacial score (nSPS) is 11.1. The lowest BCUT2D eigenvalue weighted by Crippen LogP contribution is -2.14. The number of hydrogen-bond donors (Lipinski definition) is 1. The van der Waals surface area contributed by atoms with E-state index in [0.717, 1.165) is 35.6 Å². The van der Waals surface area contributed by atoms with Crippen molar-refractivity contribution >= 4 is 23.1 Å². The summed E-state index contributed by atoms with van der Waals surface area (Å²) < 4.78 is 37.7. The highest BCUT2D eigenvalue weighted by Gasteiger charge is 2.30. The fourth-order valence-corrected chi connectivity index (χ4v) is 2.46. The van der Waals surface area contributed by atoms with Crippen molar-refractivity contribution in [2.75, 3.05) is 17.3 Å². The lowest BCUT2D eigenvalue weighted by atomic mass is 10.1. The first-order valence-electron chi connectivity index (χ1n) is 8.08. The lowest BCUT2D eigenvalue weighted by molar-refractivity contribution is -0.137. The molecule has 0 bridgehead atoms. The molecule has 0 fully saturated rings. The highest BCUT2D eigenvalue weighted by molar-refractivity contribution is 6.03. The molecule has 0 atom stereocenters. The molecule has 3 aromatic rings. The van der Waals surface area contributed by atoms with Gasteiger partial charge in [-0.05, 0) is 48.5 Å². The minimum absolute atomic E-state index is 0.121. The van der Waals surface area contributed by atoms with E-state index in [2.05, 4.69) is 10.3 Å². The summed E-state index contributed by atoms with van der Waals surface area (Å²) in [5, 5.41) is 2.57. The van der Waals surface area contributed by atoms with Crippen LogP contribution in [0.3, 0.4) is 0 Å². The van der Waals surface area contributed by atoms with Crippen LogP contribution >= 0.6 is 0 Å². The van der Waals surface area contributed by atoms with Crippen LogP contribution in [0.15, 0.2) is 72.9 Å². The summed E-state index contributed by atoms with van der Waals surface area (Å²) in [6.45, 7) is 0. The number of halogens is 3. The molecule has 0 radical (unpaired) electrons. The molecule has 0 aliphatic heterocycles. The van der Waals surface area contributed by atoms with Crippen molar-refractivity contribution in [3.8, 4) is 0 Å². The fourth-order valence-electron chi connectivity index (χ4n) is 2.46. The third kappa shape index (κ3) is 4.44. The van der Waals surface area contributed by atoms with Crippen LogP contribution in [-0.4, -0.2) is 17.9 Å². The summed E-state index contributed by atoms with van der Waals surface area (Å²) in [6.07, 6.45) is -2.83. The first-order chi connectivity index (χ1) is 12.8. The minimum Gasteiger partial charge on any atom is -0.343 e. The monoisotopic (exact) mass is 371 g/mol. The van der Waals surface area contributed by atoms with Crippen LogP contribution in [0, 0.1) is 0 Å². The third-order valence-electron chi connectivity index (χ3n) is 3.99. The second kappa shape index (κ2) is 7.49. The number of alkyl halides is 3. The second-order valence-corrected chi connectivity index (χ2v) is 5.83. The molecule has 138 valence electrons. The van der Waals surface area contributed by atoms with Crippen molar-refractivity contribution < 1.29 is 18.0 Å². The van der Waals surface area contributed by atoms with Gasteiger partial charge in [0.15, 0.2) is 0 Å². The number of para-hydroxylation sites is 1. The van der Waals surface area contributed by atoms with Gasteiger partial charge in [0.2, 0.25) is 0 Å². The van der Waals surface area contributed by atoms with Crippen LogP contribution in [0.2, 0.25) is 0 Å². The molecule has 27 heavy (non-hydrogen) atoms. The largest absolute Gasteiger partial charge is 0.416 e. The zero-order chi connectivity index (χ0) is 19.4. The van der Waals surface area contributed by atoms with Crippen molar-refractivity contribution in [1.82, 2.24) is 4.98 Å². The Morgan fingerprint density at radius 2 is 1.59 bits per heavy atom. The molecule has 0 saturated heterocycles. The molecule has 0 spiro atoms. The van der Waals surface area contributed by atoms with E-state index in [1.807, 2.05) is 42.3 Å². The Morgan fingerprint density at radius 1 is 0.926 bits per heavy atom. The van der Waals surface area contributed by atoms with Crippen LogP contribution in [0.4, 0.5) is 30.4 Å². The molecule has 0 aliphatic carbocycles. The van der Waals surface area contributed by atoms with Crippen molar-refractivity contribution in [2.45, 2.75) is 6.18 Å². The average Bonchev–Trinajstić information content (AvgIpc) is 2.68. The van der Waals surface area contributed by atoms with Crippen molar-refractivity contribution in [3.63, 3.8) is 0 Å². The van der Waals surface area contributed by atoms with Crippen LogP contribution in [0.5, 0.6) is 0 Å². The van der Waals surface area contributed by atoms with Crippen LogP contribution in [0.1, 0.15) is 15.9 Å². The smallest absolute Gasteiger partial charge is 0.343 e. The van der Waals surface area contributed by atoms with Gasteiger partial charge in [-0.15, -0.1) is 0 Å². The maximum absolute atomic E-state index is 12.6. The lowest BCUT2D eigenvalue weighted by Gasteiger charge is -2.19. The molecular weight excluding hydrogens is 355 g/mol. The summed E-state index contributed by atoms with van der Waals surface area (Å²) >= 11 is 0. The standard InChI is InChI=1S/C20H16F3N3O/c1-26(16-5-3-2-4-6-16)17-11-12-18(24-13-17)25-19(27)14-7-9-15(10-8-14)20(21,22)23/h2-13H,1H3,(H,24,25,27). The number of anilines is 3. The topological polar surface area (TPSA) is 45.2 Å². The van der Waals surface area contributed by atoms with Gasteiger partial charge in [0.05, 0.1) is 17.4 Å². The molecule has 1 N–H and O–H groups in total. The van der Waals surface area contributed by atoms with Crippen molar-refractivity contribution in [2.24, 2.45) is 0 Å². The Balaban J connectivity index is 1.68. The number of carbonyl (C=O) groups excluding carboxylic acids is 1. The zero-order valence-corrected chi connectivity index (χ0v) is 14.4. The quantitative estimate of drug-likeness (QED) is 0.692. The van der Waals surface area contributed by atoms with Crippen LogP contribution in [0.25, 0.3) is 0 Å². The van der Waals surface area contributed by atoms with Gasteiger partial charge >= 0.3 is 6.18 Å². The van der Waals surface area contributed by atoms with E-state index in [1.54, 1.807) is 18.3 Å². The Kier molecular flexibility index (Phi) is 5.12. The van der Waals surface area contributed by atoms with E-state index in [9.17, 15) is 18.0 Å². The maximum atomic E-state index is 12.6. The van der Waals surface area contributed by atoms with E-state index < -0.39 is 17.6 Å². The SMILES string of the molecule is CN(c1ccccc1)c1ccc(NC(=O)c2ccc(C(F)(F)F)cc2)nc1. The van der Waals surface area contributed by atoms with Gasteiger partial charge in [-0.25, -0.2) is 4.98 Å². The molecule has 0 unspecified atom stereocenters. The number of pyridine rings is 1. The van der Waals surface area contributed by atoms with Crippen LogP contribution < -0.4 is 10.2 Å². The Hall–Kier alpha value is -3.35. The molecular formula is C20H16F3N3O. The number of benzene rings is 2. The number of nitrogens with zero attached hydrogens (tertiary/aromatic N) is 2. The summed E-state index contributed by atoms with van der Waals surface area (Å²) in [7, 11) is 1.90. The Bertz CT molecular complexity index is 908. The predicted molar refractivity (Wildman–Crippen MR) is 98.1 cm³/mol. The number of rotatable bonds is 4. The summed E-state index contributed by atoms with van der Waals surface area (Å²) in [4.78, 5) is 18.3. The summed E-state index contributed by atoms with van der Waals surface area (Å²) in [6, 6.07) is 17.1. The fraction of sp³-hybridized carbons (Fsp3) is 0.100. The zero-order valence-electron chi connectivity index (χ0n) is 14.4. The second-order valence-electron chi connectivity index (χ2n) is 5.83. The molecule has 1 heterocycles. The van der Waals surface area contributed by atoms with Crippen molar-refractivity contribution in [3.05, 3.63) is 84.1 Å². The van der Waals surface area contributed by atoms with E-state index in [0.29, 0.717) is 5.82 Å². The number of hydrogen-bond acceptors (Lipinski definition) is 3. The minimum atomic E-state index is -4.43. The van der Waals surface area contributed by atoms with E-state index in [-0.39, 0.29) is 5.56 Å². The molecule has 0 saturated carbocycles. The van der Waals surface area contributed by atoms with Crippen LogP contribution in [-0.2, 0) is 6.18 Å². The number of aromatic nitrogens is 1. The Morgan fingerprint density at radius 3 is 2.15 bits per heavy atom. The van der Waals surface area contributed by atoms with Gasteiger partial charge in [0, 0.05) is 18.3 Å². The third-order valence-corrected chi connectivity index (χ3v) is 3.99. The number of carbonyl (C=O) groups is 1. The van der Waals surface area contributed by atoms with E-state index in [4.69, 9.17) is 0 Å². The molecule has 3 rings (SSSR count). The molecule has 1 amide bonds. The number of nitrogens with one attached hydrogen (secondary N) is 1. The molecule has 0 aliphatic rings. The van der Waals surface area contributed by atoms with Gasteiger partial charge in [-0.2, -0.15) is 13.2 Å². The van der Waals surface area contributed by atoms with Crippen molar-refractivity contribution in [1.29, 1.82) is 0 Å². The summed E-state index contributed by atoms with van der Waals surface area (Å²) in [5.41, 5.74) is 1.13. The van der Waals surface area contributed by atoms with Gasteiger partial charge in [0.25, 0.3) is 5.91 Å². The van der Waals surface area contributed by atoms with Gasteiger partial charge in [-0.1, -0.05) is 18.2 Å². The van der Waals surface area contributed by atoms with E-state index >= 15 is 0 Å². The molecule has 1 aromatic heterocycles.